The SMILES string of the molecule is Cn1nc(C(=O)NCC(C)(C)c2ccc(Br)cc2)c2ccccc2c1=O. The van der Waals surface area contributed by atoms with Crippen LogP contribution in [0.15, 0.2) is 57.8 Å². The zero-order valence-corrected chi connectivity index (χ0v) is 16.5. The number of amides is 1. The summed E-state index contributed by atoms with van der Waals surface area (Å²) in [6, 6.07) is 15.1. The minimum Gasteiger partial charge on any atom is -0.350 e. The second kappa shape index (κ2) is 7.03. The molecule has 3 rings (SSSR count). The van der Waals surface area contributed by atoms with E-state index < -0.39 is 0 Å². The van der Waals surface area contributed by atoms with E-state index in [1.165, 1.54) is 4.68 Å². The molecule has 26 heavy (non-hydrogen) atoms. The molecule has 6 heteroatoms. The van der Waals surface area contributed by atoms with Crippen molar-refractivity contribution in [2.75, 3.05) is 6.54 Å². The highest BCUT2D eigenvalue weighted by atomic mass is 79.9. The Hall–Kier alpha value is -2.47. The van der Waals surface area contributed by atoms with Crippen LogP contribution in [-0.4, -0.2) is 22.2 Å². The Bertz CT molecular complexity index is 1020. The third kappa shape index (κ3) is 3.55. The minimum absolute atomic E-state index is 0.215. The molecule has 0 radical (unpaired) electrons. The number of carbonyl (C=O) groups excluding carboxylic acids is 1. The molecule has 5 nitrogen and oxygen atoms in total. The van der Waals surface area contributed by atoms with Gasteiger partial charge in [-0.3, -0.25) is 9.59 Å². The number of fused-ring (bicyclic) bond motifs is 1. The van der Waals surface area contributed by atoms with Crippen molar-refractivity contribution in [3.63, 3.8) is 0 Å². The van der Waals surface area contributed by atoms with Crippen LogP contribution >= 0.6 is 15.9 Å². The fourth-order valence-corrected chi connectivity index (χ4v) is 3.12. The van der Waals surface area contributed by atoms with Crippen molar-refractivity contribution in [1.29, 1.82) is 0 Å². The van der Waals surface area contributed by atoms with E-state index in [1.54, 1.807) is 31.3 Å². The summed E-state index contributed by atoms with van der Waals surface area (Å²) in [6.07, 6.45) is 0. The molecule has 0 atom stereocenters. The molecular formula is C20H20BrN3O2. The molecule has 1 N–H and O–H groups in total. The lowest BCUT2D eigenvalue weighted by atomic mass is 9.84. The summed E-state index contributed by atoms with van der Waals surface area (Å²) < 4.78 is 2.22. The van der Waals surface area contributed by atoms with Gasteiger partial charge in [-0.05, 0) is 23.8 Å². The van der Waals surface area contributed by atoms with Gasteiger partial charge in [0.1, 0.15) is 0 Å². The molecular weight excluding hydrogens is 394 g/mol. The van der Waals surface area contributed by atoms with Crippen molar-refractivity contribution >= 4 is 32.6 Å². The van der Waals surface area contributed by atoms with Crippen molar-refractivity contribution in [1.82, 2.24) is 15.1 Å². The van der Waals surface area contributed by atoms with Crippen LogP contribution in [0.1, 0.15) is 29.9 Å². The van der Waals surface area contributed by atoms with Crippen molar-refractivity contribution in [2.45, 2.75) is 19.3 Å². The number of carbonyl (C=O) groups is 1. The van der Waals surface area contributed by atoms with Gasteiger partial charge in [0.25, 0.3) is 11.5 Å². The average molecular weight is 414 g/mol. The summed E-state index contributed by atoms with van der Waals surface area (Å²) in [7, 11) is 1.55. The van der Waals surface area contributed by atoms with Gasteiger partial charge in [-0.25, -0.2) is 4.68 Å². The monoisotopic (exact) mass is 413 g/mol. The summed E-state index contributed by atoms with van der Waals surface area (Å²) in [4.78, 5) is 25.0. The van der Waals surface area contributed by atoms with E-state index in [4.69, 9.17) is 0 Å². The second-order valence-corrected chi connectivity index (χ2v) is 7.81. The zero-order chi connectivity index (χ0) is 18.9. The van der Waals surface area contributed by atoms with Gasteiger partial charge in [-0.1, -0.05) is 60.1 Å². The Kier molecular flexibility index (Phi) is 4.96. The highest BCUT2D eigenvalue weighted by Gasteiger charge is 2.23. The highest BCUT2D eigenvalue weighted by molar-refractivity contribution is 9.10. The third-order valence-corrected chi connectivity index (χ3v) is 5.02. The van der Waals surface area contributed by atoms with E-state index in [9.17, 15) is 9.59 Å². The van der Waals surface area contributed by atoms with E-state index in [1.807, 2.05) is 24.3 Å². The Morgan fingerprint density at radius 2 is 1.73 bits per heavy atom. The van der Waals surface area contributed by atoms with Gasteiger partial charge < -0.3 is 5.32 Å². The van der Waals surface area contributed by atoms with Gasteiger partial charge >= 0.3 is 0 Å². The molecule has 0 saturated heterocycles. The third-order valence-electron chi connectivity index (χ3n) is 4.49. The average Bonchev–Trinajstić information content (AvgIpc) is 2.63. The molecule has 0 spiro atoms. The predicted octanol–water partition coefficient (Wildman–Crippen LogP) is 3.40. The van der Waals surface area contributed by atoms with Crippen molar-refractivity contribution in [3.8, 4) is 0 Å². The summed E-state index contributed by atoms with van der Waals surface area (Å²) >= 11 is 3.43. The number of nitrogens with one attached hydrogen (secondary N) is 1. The quantitative estimate of drug-likeness (QED) is 0.712. The Labute approximate surface area is 160 Å². The van der Waals surface area contributed by atoms with Crippen LogP contribution in [0.2, 0.25) is 0 Å². The standard InChI is InChI=1S/C20H20BrN3O2/c1-20(2,13-8-10-14(21)11-9-13)12-22-18(25)17-15-6-4-5-7-16(15)19(26)24(3)23-17/h4-11H,12H2,1-3H3,(H,22,25). The van der Waals surface area contributed by atoms with Gasteiger partial charge in [0, 0.05) is 28.9 Å². The van der Waals surface area contributed by atoms with Gasteiger partial charge in [-0.2, -0.15) is 5.10 Å². The fourth-order valence-electron chi connectivity index (χ4n) is 2.86. The first kappa shape index (κ1) is 18.3. The summed E-state index contributed by atoms with van der Waals surface area (Å²) in [5.74, 6) is -0.290. The van der Waals surface area contributed by atoms with Gasteiger partial charge in [-0.15, -0.1) is 0 Å². The second-order valence-electron chi connectivity index (χ2n) is 6.90. The molecule has 0 aliphatic carbocycles. The van der Waals surface area contributed by atoms with Crippen LogP contribution in [0.4, 0.5) is 0 Å². The lowest BCUT2D eigenvalue weighted by Crippen LogP contribution is -2.38. The molecule has 134 valence electrons. The molecule has 2 aromatic carbocycles. The first-order valence-electron chi connectivity index (χ1n) is 8.30. The maximum absolute atomic E-state index is 12.8. The van der Waals surface area contributed by atoms with Gasteiger partial charge in [0.2, 0.25) is 0 Å². The molecule has 1 amide bonds. The van der Waals surface area contributed by atoms with E-state index in [2.05, 4.69) is 40.2 Å². The number of halogens is 1. The Balaban J connectivity index is 1.87. The van der Waals surface area contributed by atoms with E-state index in [-0.39, 0.29) is 22.6 Å². The van der Waals surface area contributed by atoms with Crippen molar-refractivity contribution < 1.29 is 4.79 Å². The molecule has 0 unspecified atom stereocenters. The lowest BCUT2D eigenvalue weighted by molar-refractivity contribution is 0.0940. The molecule has 0 bridgehead atoms. The number of rotatable bonds is 4. The largest absolute Gasteiger partial charge is 0.350 e. The Morgan fingerprint density at radius 3 is 2.38 bits per heavy atom. The van der Waals surface area contributed by atoms with Crippen LogP contribution in [0.25, 0.3) is 10.8 Å². The smallest absolute Gasteiger partial charge is 0.274 e. The highest BCUT2D eigenvalue weighted by Crippen LogP contribution is 2.24. The number of aromatic nitrogens is 2. The maximum Gasteiger partial charge on any atom is 0.274 e. The zero-order valence-electron chi connectivity index (χ0n) is 14.9. The Morgan fingerprint density at radius 1 is 1.12 bits per heavy atom. The lowest BCUT2D eigenvalue weighted by Gasteiger charge is -2.25. The number of hydrogen-bond donors (Lipinski definition) is 1. The maximum atomic E-state index is 12.8. The summed E-state index contributed by atoms with van der Waals surface area (Å²) in [5.41, 5.74) is 0.924. The van der Waals surface area contributed by atoms with E-state index >= 15 is 0 Å². The molecule has 0 aliphatic heterocycles. The van der Waals surface area contributed by atoms with Crippen LogP contribution in [0.3, 0.4) is 0 Å². The minimum atomic E-state index is -0.290. The predicted molar refractivity (Wildman–Crippen MR) is 106 cm³/mol. The number of benzene rings is 2. The molecule has 0 saturated carbocycles. The summed E-state index contributed by atoms with van der Waals surface area (Å²) in [5, 5.41) is 8.19. The normalized spacial score (nSPS) is 11.5. The van der Waals surface area contributed by atoms with Crippen molar-refractivity contribution in [3.05, 3.63) is 74.6 Å². The van der Waals surface area contributed by atoms with Gasteiger partial charge in [0.15, 0.2) is 5.69 Å². The molecule has 3 aromatic rings. The molecule has 0 fully saturated rings. The first-order valence-corrected chi connectivity index (χ1v) is 9.09. The molecule has 1 heterocycles. The van der Waals surface area contributed by atoms with E-state index in [0.717, 1.165) is 10.0 Å². The first-order chi connectivity index (χ1) is 12.3. The molecule has 1 aromatic heterocycles. The van der Waals surface area contributed by atoms with Crippen LogP contribution in [0.5, 0.6) is 0 Å². The fraction of sp³-hybridized carbons (Fsp3) is 0.250. The number of aryl methyl sites for hydroxylation is 1. The van der Waals surface area contributed by atoms with Crippen LogP contribution < -0.4 is 10.9 Å². The van der Waals surface area contributed by atoms with Crippen LogP contribution in [0, 0.1) is 0 Å². The van der Waals surface area contributed by atoms with Crippen molar-refractivity contribution in [2.24, 2.45) is 7.05 Å². The topological polar surface area (TPSA) is 64.0 Å². The number of hydrogen-bond acceptors (Lipinski definition) is 3. The van der Waals surface area contributed by atoms with Gasteiger partial charge in [0.05, 0.1) is 5.39 Å². The van der Waals surface area contributed by atoms with E-state index in [0.29, 0.717) is 17.3 Å². The number of nitrogens with zero attached hydrogens (tertiary/aromatic N) is 2. The summed E-state index contributed by atoms with van der Waals surface area (Å²) in [6.45, 7) is 4.60. The van der Waals surface area contributed by atoms with Crippen LogP contribution in [-0.2, 0) is 12.5 Å². The molecule has 0 aliphatic rings.